The summed E-state index contributed by atoms with van der Waals surface area (Å²) in [4.78, 5) is 12.3. The zero-order valence-electron chi connectivity index (χ0n) is 10.3. The van der Waals surface area contributed by atoms with Crippen LogP contribution in [-0.2, 0) is 0 Å². The Morgan fingerprint density at radius 3 is 2.76 bits per heavy atom. The average Bonchev–Trinajstić information content (AvgIpc) is 2.71. The van der Waals surface area contributed by atoms with Gasteiger partial charge in [-0.15, -0.1) is 11.3 Å². The number of aliphatic hydroxyl groups is 1. The summed E-state index contributed by atoms with van der Waals surface area (Å²) in [5.74, 6) is -0.0554. The first-order chi connectivity index (χ1) is 7.86. The summed E-state index contributed by atoms with van der Waals surface area (Å²) in [6.07, 6.45) is 0.869. The number of hydrogen-bond acceptors (Lipinski definition) is 3. The van der Waals surface area contributed by atoms with E-state index in [-0.39, 0.29) is 18.4 Å². The van der Waals surface area contributed by atoms with E-state index in [0.717, 1.165) is 6.42 Å². The Hall–Kier alpha value is -0.580. The van der Waals surface area contributed by atoms with Crippen molar-refractivity contribution in [2.75, 3.05) is 6.54 Å². The molecule has 1 aromatic rings. The molecule has 0 saturated heterocycles. The van der Waals surface area contributed by atoms with E-state index >= 15 is 0 Å². The van der Waals surface area contributed by atoms with Gasteiger partial charge in [-0.3, -0.25) is 4.79 Å². The second-order valence-corrected chi connectivity index (χ2v) is 6.17. The maximum absolute atomic E-state index is 11.7. The molecular formula is C12H18ClNO2S. The fourth-order valence-corrected chi connectivity index (χ4v) is 2.36. The standard InChI is InChI=1S/C12H18ClNO2S/c1-4-8(2)12(3,16)7-14-11(15)9-5-6-10(13)17-9/h5-6,8,16H,4,7H2,1-3H3,(H,14,15). The largest absolute Gasteiger partial charge is 0.388 e. The number of nitrogens with one attached hydrogen (secondary N) is 1. The molecular weight excluding hydrogens is 258 g/mol. The van der Waals surface area contributed by atoms with E-state index in [1.807, 2.05) is 13.8 Å². The number of halogens is 1. The number of rotatable bonds is 5. The van der Waals surface area contributed by atoms with Crippen molar-refractivity contribution in [3.05, 3.63) is 21.3 Å². The first-order valence-corrected chi connectivity index (χ1v) is 6.82. The molecule has 0 aliphatic rings. The number of thiophene rings is 1. The van der Waals surface area contributed by atoms with Crippen LogP contribution in [0.5, 0.6) is 0 Å². The highest BCUT2D eigenvalue weighted by Crippen LogP contribution is 2.22. The summed E-state index contributed by atoms with van der Waals surface area (Å²) >= 11 is 6.99. The van der Waals surface area contributed by atoms with E-state index < -0.39 is 5.60 Å². The highest BCUT2D eigenvalue weighted by atomic mass is 35.5. The fraction of sp³-hybridized carbons (Fsp3) is 0.583. The van der Waals surface area contributed by atoms with Gasteiger partial charge in [0.05, 0.1) is 14.8 Å². The van der Waals surface area contributed by atoms with Gasteiger partial charge >= 0.3 is 0 Å². The maximum Gasteiger partial charge on any atom is 0.261 e. The molecule has 17 heavy (non-hydrogen) atoms. The van der Waals surface area contributed by atoms with Crippen molar-refractivity contribution in [1.29, 1.82) is 0 Å². The summed E-state index contributed by atoms with van der Waals surface area (Å²) in [7, 11) is 0. The second kappa shape index (κ2) is 5.85. The van der Waals surface area contributed by atoms with Gasteiger partial charge in [0.25, 0.3) is 5.91 Å². The molecule has 5 heteroatoms. The van der Waals surface area contributed by atoms with Crippen molar-refractivity contribution in [3.63, 3.8) is 0 Å². The number of carbonyl (C=O) groups excluding carboxylic acids is 1. The van der Waals surface area contributed by atoms with E-state index in [9.17, 15) is 9.90 Å². The lowest BCUT2D eigenvalue weighted by atomic mass is 9.88. The van der Waals surface area contributed by atoms with E-state index in [2.05, 4.69) is 5.32 Å². The van der Waals surface area contributed by atoms with Gasteiger partial charge < -0.3 is 10.4 Å². The molecule has 0 aliphatic carbocycles. The third-order valence-electron chi connectivity index (χ3n) is 3.08. The highest BCUT2D eigenvalue weighted by molar-refractivity contribution is 7.17. The van der Waals surface area contributed by atoms with Crippen LogP contribution in [0.1, 0.15) is 36.9 Å². The summed E-state index contributed by atoms with van der Waals surface area (Å²) in [5, 5.41) is 12.9. The monoisotopic (exact) mass is 275 g/mol. The molecule has 0 saturated carbocycles. The second-order valence-electron chi connectivity index (χ2n) is 4.45. The molecule has 3 nitrogen and oxygen atoms in total. The summed E-state index contributed by atoms with van der Waals surface area (Å²) in [6.45, 7) is 5.97. The van der Waals surface area contributed by atoms with Crippen molar-refractivity contribution >= 4 is 28.8 Å². The van der Waals surface area contributed by atoms with Crippen LogP contribution in [0, 0.1) is 5.92 Å². The van der Waals surface area contributed by atoms with E-state index in [0.29, 0.717) is 9.21 Å². The quantitative estimate of drug-likeness (QED) is 0.868. The van der Waals surface area contributed by atoms with Crippen molar-refractivity contribution < 1.29 is 9.90 Å². The van der Waals surface area contributed by atoms with Crippen molar-refractivity contribution in [3.8, 4) is 0 Å². The van der Waals surface area contributed by atoms with Gasteiger partial charge in [-0.1, -0.05) is 31.9 Å². The highest BCUT2D eigenvalue weighted by Gasteiger charge is 2.27. The lowest BCUT2D eigenvalue weighted by molar-refractivity contribution is 0.00596. The van der Waals surface area contributed by atoms with Crippen LogP contribution in [0.3, 0.4) is 0 Å². The lowest BCUT2D eigenvalue weighted by Crippen LogP contribution is -2.44. The van der Waals surface area contributed by atoms with E-state index in [4.69, 9.17) is 11.6 Å². The Bertz CT molecular complexity index is 390. The number of hydrogen-bond donors (Lipinski definition) is 2. The Balaban J connectivity index is 2.54. The lowest BCUT2D eigenvalue weighted by Gasteiger charge is -2.29. The first kappa shape index (κ1) is 14.5. The predicted molar refractivity (Wildman–Crippen MR) is 71.7 cm³/mol. The van der Waals surface area contributed by atoms with E-state index in [1.165, 1.54) is 11.3 Å². The molecule has 0 bridgehead atoms. The minimum Gasteiger partial charge on any atom is -0.388 e. The zero-order valence-corrected chi connectivity index (χ0v) is 11.9. The van der Waals surface area contributed by atoms with E-state index in [1.54, 1.807) is 19.1 Å². The van der Waals surface area contributed by atoms with Gasteiger partial charge in [-0.25, -0.2) is 0 Å². The van der Waals surface area contributed by atoms with Gasteiger partial charge in [0.2, 0.25) is 0 Å². The SMILES string of the molecule is CCC(C)C(C)(O)CNC(=O)c1ccc(Cl)s1. The Labute approximate surface area is 111 Å². The van der Waals surface area contributed by atoms with Crippen LogP contribution in [0.2, 0.25) is 4.34 Å². The molecule has 2 unspecified atom stereocenters. The molecule has 0 spiro atoms. The number of amides is 1. The van der Waals surface area contributed by atoms with Gasteiger partial charge in [0.15, 0.2) is 0 Å². The van der Waals surface area contributed by atoms with Crippen LogP contribution >= 0.6 is 22.9 Å². The smallest absolute Gasteiger partial charge is 0.261 e. The minimum absolute atomic E-state index is 0.134. The van der Waals surface area contributed by atoms with Crippen LogP contribution < -0.4 is 5.32 Å². The van der Waals surface area contributed by atoms with Gasteiger partial charge in [-0.2, -0.15) is 0 Å². The van der Waals surface area contributed by atoms with Crippen LogP contribution in [0.15, 0.2) is 12.1 Å². The molecule has 0 radical (unpaired) electrons. The molecule has 2 N–H and O–H groups in total. The molecule has 0 aliphatic heterocycles. The molecule has 1 amide bonds. The van der Waals surface area contributed by atoms with Crippen molar-refractivity contribution in [2.45, 2.75) is 32.8 Å². The van der Waals surface area contributed by atoms with Crippen molar-refractivity contribution in [2.24, 2.45) is 5.92 Å². The maximum atomic E-state index is 11.7. The van der Waals surface area contributed by atoms with Crippen LogP contribution in [0.25, 0.3) is 0 Å². The van der Waals surface area contributed by atoms with Gasteiger partial charge in [-0.05, 0) is 25.0 Å². The summed E-state index contributed by atoms with van der Waals surface area (Å²) < 4.78 is 0.587. The summed E-state index contributed by atoms with van der Waals surface area (Å²) in [6, 6.07) is 3.37. The number of carbonyl (C=O) groups is 1. The van der Waals surface area contributed by atoms with Crippen LogP contribution in [-0.4, -0.2) is 23.2 Å². The summed E-state index contributed by atoms with van der Waals surface area (Å²) in [5.41, 5.74) is -0.883. The Morgan fingerprint density at radius 1 is 1.65 bits per heavy atom. The minimum atomic E-state index is -0.883. The molecule has 2 atom stereocenters. The van der Waals surface area contributed by atoms with Gasteiger partial charge in [0.1, 0.15) is 0 Å². The third-order valence-corrected chi connectivity index (χ3v) is 4.31. The Morgan fingerprint density at radius 2 is 2.29 bits per heavy atom. The average molecular weight is 276 g/mol. The Kier molecular flexibility index (Phi) is 4.98. The normalized spacial score (nSPS) is 16.3. The van der Waals surface area contributed by atoms with Gasteiger partial charge in [0, 0.05) is 6.54 Å². The van der Waals surface area contributed by atoms with Crippen molar-refractivity contribution in [1.82, 2.24) is 5.32 Å². The topological polar surface area (TPSA) is 49.3 Å². The molecule has 1 rings (SSSR count). The third kappa shape index (κ3) is 3.98. The molecule has 96 valence electrons. The molecule has 0 fully saturated rings. The first-order valence-electron chi connectivity index (χ1n) is 5.62. The molecule has 0 aromatic carbocycles. The molecule has 1 heterocycles. The molecule has 1 aromatic heterocycles. The predicted octanol–water partition coefficient (Wildman–Crippen LogP) is 2.93. The zero-order chi connectivity index (χ0) is 13.1. The fourth-order valence-electron chi connectivity index (χ4n) is 1.40. The van der Waals surface area contributed by atoms with Crippen LogP contribution in [0.4, 0.5) is 0 Å².